The van der Waals surface area contributed by atoms with Crippen molar-refractivity contribution in [3.63, 3.8) is 0 Å². The summed E-state index contributed by atoms with van der Waals surface area (Å²) in [5, 5.41) is 20.0. The Balaban J connectivity index is 2.21. The highest BCUT2D eigenvalue weighted by Crippen LogP contribution is 2.32. The molecule has 0 unspecified atom stereocenters. The molecule has 1 heterocycles. The highest BCUT2D eigenvalue weighted by molar-refractivity contribution is 5.73. The summed E-state index contributed by atoms with van der Waals surface area (Å²) in [6.45, 7) is 1.05. The molecule has 0 saturated carbocycles. The molecular weight excluding hydrogens is 274 g/mol. The zero-order valence-corrected chi connectivity index (χ0v) is 11.6. The molecule has 21 heavy (non-hydrogen) atoms. The first-order valence-corrected chi connectivity index (χ1v) is 6.58. The Kier molecular flexibility index (Phi) is 4.38. The lowest BCUT2D eigenvalue weighted by molar-refractivity contribution is -0.384. The summed E-state index contributed by atoms with van der Waals surface area (Å²) < 4.78 is 4.72. The smallest absolute Gasteiger partial charge is 0.308 e. The van der Waals surface area contributed by atoms with Crippen molar-refractivity contribution >= 4 is 17.3 Å². The van der Waals surface area contributed by atoms with Gasteiger partial charge in [-0.15, -0.1) is 0 Å². The molecule has 2 rings (SSSR count). The molecule has 110 valence electrons. The van der Waals surface area contributed by atoms with Gasteiger partial charge in [-0.3, -0.25) is 14.9 Å². The van der Waals surface area contributed by atoms with Crippen molar-refractivity contribution < 1.29 is 14.5 Å². The van der Waals surface area contributed by atoms with Gasteiger partial charge in [0.1, 0.15) is 5.69 Å². The van der Waals surface area contributed by atoms with Crippen LogP contribution in [0.2, 0.25) is 0 Å². The number of nitrogens with zero attached hydrogens (tertiary/aromatic N) is 3. The van der Waals surface area contributed by atoms with Crippen LogP contribution in [0.15, 0.2) is 18.2 Å². The van der Waals surface area contributed by atoms with Crippen molar-refractivity contribution in [1.82, 2.24) is 0 Å². The molecule has 1 aliphatic heterocycles. The van der Waals surface area contributed by atoms with Gasteiger partial charge in [0.25, 0.3) is 5.69 Å². The Morgan fingerprint density at radius 2 is 2.14 bits per heavy atom. The van der Waals surface area contributed by atoms with Crippen molar-refractivity contribution in [1.29, 1.82) is 5.26 Å². The number of benzene rings is 1. The third-order valence-electron chi connectivity index (χ3n) is 3.67. The number of carbonyl (C=O) groups excluding carboxylic acids is 1. The average molecular weight is 289 g/mol. The summed E-state index contributed by atoms with van der Waals surface area (Å²) in [4.78, 5) is 24.0. The molecular formula is C14H15N3O4. The lowest BCUT2D eigenvalue weighted by atomic mass is 9.96. The first-order valence-electron chi connectivity index (χ1n) is 6.58. The molecule has 0 bridgehead atoms. The summed E-state index contributed by atoms with van der Waals surface area (Å²) in [6, 6.07) is 6.29. The van der Waals surface area contributed by atoms with Crippen LogP contribution < -0.4 is 4.90 Å². The van der Waals surface area contributed by atoms with Crippen molar-refractivity contribution in [3.05, 3.63) is 33.9 Å². The number of hydrogen-bond acceptors (Lipinski definition) is 6. The number of nitro groups is 1. The number of rotatable bonds is 3. The van der Waals surface area contributed by atoms with Gasteiger partial charge in [-0.2, -0.15) is 5.26 Å². The number of nitro benzene ring substituents is 1. The van der Waals surface area contributed by atoms with Gasteiger partial charge in [0.05, 0.1) is 29.6 Å². The van der Waals surface area contributed by atoms with Crippen LogP contribution in [0.5, 0.6) is 0 Å². The fourth-order valence-corrected chi connectivity index (χ4v) is 2.52. The summed E-state index contributed by atoms with van der Waals surface area (Å²) >= 11 is 0. The van der Waals surface area contributed by atoms with E-state index in [1.165, 1.54) is 25.3 Å². The molecule has 1 fully saturated rings. The van der Waals surface area contributed by atoms with Crippen LogP contribution in [0.4, 0.5) is 11.4 Å². The molecule has 1 aromatic rings. The molecule has 7 heteroatoms. The van der Waals surface area contributed by atoms with Crippen molar-refractivity contribution in [3.8, 4) is 6.07 Å². The highest BCUT2D eigenvalue weighted by atomic mass is 16.6. The minimum absolute atomic E-state index is 0.0227. The Labute approximate surface area is 121 Å². The number of piperidine rings is 1. The lowest BCUT2D eigenvalue weighted by Gasteiger charge is -2.32. The number of ether oxygens (including phenoxy) is 1. The van der Waals surface area contributed by atoms with E-state index >= 15 is 0 Å². The van der Waals surface area contributed by atoms with E-state index in [0.29, 0.717) is 37.2 Å². The first kappa shape index (κ1) is 14.8. The van der Waals surface area contributed by atoms with Gasteiger partial charge in [0, 0.05) is 19.2 Å². The molecule has 1 aromatic carbocycles. The SMILES string of the molecule is COC(=O)C1CCN(c2cc(C#N)ccc2[N+](=O)[O-])CC1. The van der Waals surface area contributed by atoms with E-state index in [0.717, 1.165) is 0 Å². The summed E-state index contributed by atoms with van der Waals surface area (Å²) in [5.74, 6) is -0.403. The Morgan fingerprint density at radius 1 is 1.48 bits per heavy atom. The maximum absolute atomic E-state index is 11.5. The number of methoxy groups -OCH3 is 1. The quantitative estimate of drug-likeness (QED) is 0.478. The largest absolute Gasteiger partial charge is 0.469 e. The number of nitriles is 1. The van der Waals surface area contributed by atoms with E-state index in [1.54, 1.807) is 0 Å². The molecule has 0 radical (unpaired) electrons. The van der Waals surface area contributed by atoms with Crippen molar-refractivity contribution in [2.24, 2.45) is 5.92 Å². The second kappa shape index (κ2) is 6.22. The van der Waals surface area contributed by atoms with E-state index in [4.69, 9.17) is 10.00 Å². The Bertz CT molecular complexity index is 601. The third kappa shape index (κ3) is 3.11. The van der Waals surface area contributed by atoms with Crippen LogP contribution in [-0.2, 0) is 9.53 Å². The number of esters is 1. The number of anilines is 1. The summed E-state index contributed by atoms with van der Waals surface area (Å²) in [5.41, 5.74) is 0.790. The Hall–Kier alpha value is -2.62. The van der Waals surface area contributed by atoms with E-state index in [2.05, 4.69) is 0 Å². The van der Waals surface area contributed by atoms with Gasteiger partial charge in [-0.05, 0) is 25.0 Å². The van der Waals surface area contributed by atoms with Crippen molar-refractivity contribution in [2.45, 2.75) is 12.8 Å². The maximum Gasteiger partial charge on any atom is 0.308 e. The van der Waals surface area contributed by atoms with Gasteiger partial charge in [0.2, 0.25) is 0 Å². The van der Waals surface area contributed by atoms with Crippen molar-refractivity contribution in [2.75, 3.05) is 25.1 Å². The number of carbonyl (C=O) groups is 1. The minimum Gasteiger partial charge on any atom is -0.469 e. The zero-order chi connectivity index (χ0) is 15.4. The average Bonchev–Trinajstić information content (AvgIpc) is 2.53. The van der Waals surface area contributed by atoms with E-state index in [9.17, 15) is 14.9 Å². The predicted molar refractivity (Wildman–Crippen MR) is 74.8 cm³/mol. The molecule has 0 spiro atoms. The van der Waals surface area contributed by atoms with Gasteiger partial charge in [0.15, 0.2) is 0 Å². The lowest BCUT2D eigenvalue weighted by Crippen LogP contribution is -2.37. The van der Waals surface area contributed by atoms with Crippen LogP contribution >= 0.6 is 0 Å². The molecule has 7 nitrogen and oxygen atoms in total. The molecule has 0 amide bonds. The standard InChI is InChI=1S/C14H15N3O4/c1-21-14(18)11-4-6-16(7-5-11)13-8-10(9-15)2-3-12(13)17(19)20/h2-3,8,11H,4-7H2,1H3. The fraction of sp³-hybridized carbons (Fsp3) is 0.429. The minimum atomic E-state index is -0.455. The molecule has 0 N–H and O–H groups in total. The molecule has 0 aliphatic carbocycles. The van der Waals surface area contributed by atoms with Gasteiger partial charge >= 0.3 is 5.97 Å². The summed E-state index contributed by atoms with van der Waals surface area (Å²) in [7, 11) is 1.36. The van der Waals surface area contributed by atoms with Gasteiger partial charge in [-0.1, -0.05) is 0 Å². The summed E-state index contributed by atoms with van der Waals surface area (Å²) in [6.07, 6.45) is 1.17. The normalized spacial score (nSPS) is 15.3. The van der Waals surface area contributed by atoms with Gasteiger partial charge < -0.3 is 9.64 Å². The molecule has 0 atom stereocenters. The first-order chi connectivity index (χ1) is 10.1. The molecule has 1 aliphatic rings. The van der Waals surface area contributed by atoms with E-state index in [1.807, 2.05) is 11.0 Å². The maximum atomic E-state index is 11.5. The zero-order valence-electron chi connectivity index (χ0n) is 11.6. The third-order valence-corrected chi connectivity index (χ3v) is 3.67. The van der Waals surface area contributed by atoms with E-state index < -0.39 is 4.92 Å². The molecule has 1 saturated heterocycles. The topological polar surface area (TPSA) is 96.5 Å². The van der Waals surface area contributed by atoms with E-state index in [-0.39, 0.29) is 17.6 Å². The van der Waals surface area contributed by atoms with Crippen LogP contribution in [-0.4, -0.2) is 31.1 Å². The van der Waals surface area contributed by atoms with Crippen LogP contribution in [0, 0.1) is 27.4 Å². The van der Waals surface area contributed by atoms with Crippen LogP contribution in [0.3, 0.4) is 0 Å². The van der Waals surface area contributed by atoms with Crippen LogP contribution in [0.1, 0.15) is 18.4 Å². The van der Waals surface area contributed by atoms with Crippen LogP contribution in [0.25, 0.3) is 0 Å². The van der Waals surface area contributed by atoms with Gasteiger partial charge in [-0.25, -0.2) is 0 Å². The number of hydrogen-bond donors (Lipinski definition) is 0. The molecule has 0 aromatic heterocycles. The predicted octanol–water partition coefficient (Wildman–Crippen LogP) is 1.86. The second-order valence-electron chi connectivity index (χ2n) is 4.86. The highest BCUT2D eigenvalue weighted by Gasteiger charge is 2.28. The second-order valence-corrected chi connectivity index (χ2v) is 4.86. The Morgan fingerprint density at radius 3 is 2.67 bits per heavy atom. The fourth-order valence-electron chi connectivity index (χ4n) is 2.52. The monoisotopic (exact) mass is 289 g/mol.